The smallest absolute Gasteiger partial charge is 0.161 e. The summed E-state index contributed by atoms with van der Waals surface area (Å²) in [6, 6.07) is 6.50. The van der Waals surface area contributed by atoms with Crippen LogP contribution < -0.4 is 5.32 Å². The van der Waals surface area contributed by atoms with Gasteiger partial charge < -0.3 is 5.32 Å². The molecule has 0 aliphatic heterocycles. The molecule has 1 N–H and O–H groups in total. The SMILES string of the molecule is CNC(c1cc(F)c(F)cc1F)c1cc(C)ccc1Br. The van der Waals surface area contributed by atoms with Crippen LogP contribution in [0.25, 0.3) is 0 Å². The molecule has 0 bridgehead atoms. The average molecular weight is 344 g/mol. The van der Waals surface area contributed by atoms with E-state index in [4.69, 9.17) is 0 Å². The molecule has 0 saturated heterocycles. The van der Waals surface area contributed by atoms with E-state index in [2.05, 4.69) is 21.2 Å². The molecule has 1 nitrogen and oxygen atoms in total. The second-order valence-electron chi connectivity index (χ2n) is 4.53. The van der Waals surface area contributed by atoms with Crippen molar-refractivity contribution in [2.45, 2.75) is 13.0 Å². The molecule has 0 fully saturated rings. The second-order valence-corrected chi connectivity index (χ2v) is 5.39. The highest BCUT2D eigenvalue weighted by Crippen LogP contribution is 2.31. The number of hydrogen-bond acceptors (Lipinski definition) is 1. The summed E-state index contributed by atoms with van der Waals surface area (Å²) in [6.45, 7) is 1.91. The van der Waals surface area contributed by atoms with E-state index < -0.39 is 23.5 Å². The zero-order valence-electron chi connectivity index (χ0n) is 11.0. The predicted molar refractivity (Wildman–Crippen MR) is 76.1 cm³/mol. The highest BCUT2D eigenvalue weighted by atomic mass is 79.9. The number of rotatable bonds is 3. The Kier molecular flexibility index (Phi) is 4.50. The van der Waals surface area contributed by atoms with Crippen LogP contribution in [0.15, 0.2) is 34.8 Å². The van der Waals surface area contributed by atoms with E-state index in [-0.39, 0.29) is 5.56 Å². The molecular weight excluding hydrogens is 331 g/mol. The molecule has 0 aliphatic rings. The Labute approximate surface area is 123 Å². The summed E-state index contributed by atoms with van der Waals surface area (Å²) in [7, 11) is 1.64. The number of hydrogen-bond donors (Lipinski definition) is 1. The minimum Gasteiger partial charge on any atom is -0.309 e. The van der Waals surface area contributed by atoms with Crippen molar-refractivity contribution in [3.63, 3.8) is 0 Å². The van der Waals surface area contributed by atoms with E-state index >= 15 is 0 Å². The van der Waals surface area contributed by atoms with Crippen molar-refractivity contribution in [2.75, 3.05) is 7.05 Å². The molecule has 0 aliphatic carbocycles. The fourth-order valence-corrected chi connectivity index (χ4v) is 2.60. The lowest BCUT2D eigenvalue weighted by molar-refractivity contribution is 0.483. The van der Waals surface area contributed by atoms with Gasteiger partial charge >= 0.3 is 0 Å². The number of benzene rings is 2. The van der Waals surface area contributed by atoms with Gasteiger partial charge in [-0.2, -0.15) is 0 Å². The van der Waals surface area contributed by atoms with Gasteiger partial charge in [0.1, 0.15) is 5.82 Å². The lowest BCUT2D eigenvalue weighted by atomic mass is 9.97. The van der Waals surface area contributed by atoms with Gasteiger partial charge in [0.25, 0.3) is 0 Å². The molecule has 0 radical (unpaired) electrons. The Bertz CT molecular complexity index is 643. The maximum Gasteiger partial charge on any atom is 0.161 e. The zero-order chi connectivity index (χ0) is 14.9. The number of nitrogens with one attached hydrogen (secondary N) is 1. The van der Waals surface area contributed by atoms with Gasteiger partial charge in [0.2, 0.25) is 0 Å². The maximum atomic E-state index is 13.9. The van der Waals surface area contributed by atoms with E-state index in [9.17, 15) is 13.2 Å². The van der Waals surface area contributed by atoms with Crippen LogP contribution in [0, 0.1) is 24.4 Å². The van der Waals surface area contributed by atoms with E-state index in [0.717, 1.165) is 21.7 Å². The quantitative estimate of drug-likeness (QED) is 0.810. The van der Waals surface area contributed by atoms with Crippen molar-refractivity contribution in [1.29, 1.82) is 0 Å². The van der Waals surface area contributed by atoms with E-state index in [0.29, 0.717) is 6.07 Å². The molecule has 106 valence electrons. The predicted octanol–water partition coefficient (Wildman–Crippen LogP) is 4.48. The first-order valence-corrected chi connectivity index (χ1v) is 6.81. The lowest BCUT2D eigenvalue weighted by Crippen LogP contribution is -2.20. The summed E-state index contributed by atoms with van der Waals surface area (Å²) in [5.74, 6) is -3.04. The third-order valence-corrected chi connectivity index (χ3v) is 3.82. The molecule has 2 rings (SSSR count). The first-order valence-electron chi connectivity index (χ1n) is 6.01. The maximum absolute atomic E-state index is 13.9. The fraction of sp³-hybridized carbons (Fsp3) is 0.200. The molecule has 0 aromatic heterocycles. The Hall–Kier alpha value is -1.33. The Morgan fingerprint density at radius 2 is 1.60 bits per heavy atom. The average Bonchev–Trinajstić information content (AvgIpc) is 2.40. The summed E-state index contributed by atoms with van der Waals surface area (Å²) in [5, 5.41) is 2.93. The van der Waals surface area contributed by atoms with Crippen molar-refractivity contribution < 1.29 is 13.2 Å². The van der Waals surface area contributed by atoms with Crippen LogP contribution in [0.4, 0.5) is 13.2 Å². The largest absolute Gasteiger partial charge is 0.309 e. The van der Waals surface area contributed by atoms with Crippen LogP contribution in [-0.4, -0.2) is 7.05 Å². The van der Waals surface area contributed by atoms with Crippen molar-refractivity contribution in [2.24, 2.45) is 0 Å². The molecule has 0 heterocycles. The van der Waals surface area contributed by atoms with Crippen LogP contribution in [0.2, 0.25) is 0 Å². The Morgan fingerprint density at radius 3 is 2.25 bits per heavy atom. The number of aryl methyl sites for hydroxylation is 1. The monoisotopic (exact) mass is 343 g/mol. The van der Waals surface area contributed by atoms with Crippen molar-refractivity contribution in [3.8, 4) is 0 Å². The zero-order valence-corrected chi connectivity index (χ0v) is 12.6. The molecule has 2 aromatic carbocycles. The number of halogens is 4. The molecule has 20 heavy (non-hydrogen) atoms. The lowest BCUT2D eigenvalue weighted by Gasteiger charge is -2.20. The first-order chi connectivity index (χ1) is 9.43. The molecule has 5 heteroatoms. The summed E-state index contributed by atoms with van der Waals surface area (Å²) < 4.78 is 41.1. The highest BCUT2D eigenvalue weighted by molar-refractivity contribution is 9.10. The minimum absolute atomic E-state index is 0.0673. The fourth-order valence-electron chi connectivity index (χ4n) is 2.12. The highest BCUT2D eigenvalue weighted by Gasteiger charge is 2.21. The summed E-state index contributed by atoms with van der Waals surface area (Å²) in [4.78, 5) is 0. The molecule has 0 spiro atoms. The standard InChI is InChI=1S/C15H13BrF3N/c1-8-3-4-11(16)9(5-8)15(20-2)10-6-13(18)14(19)7-12(10)17/h3-7,15,20H,1-2H3. The topological polar surface area (TPSA) is 12.0 Å². The van der Waals surface area contributed by atoms with Crippen LogP contribution in [-0.2, 0) is 0 Å². The summed E-state index contributed by atoms with van der Waals surface area (Å²) in [5.41, 5.74) is 1.82. The molecule has 0 amide bonds. The molecule has 2 aromatic rings. The van der Waals surface area contributed by atoms with Crippen LogP contribution in [0.1, 0.15) is 22.7 Å². The van der Waals surface area contributed by atoms with Gasteiger partial charge in [-0.3, -0.25) is 0 Å². The summed E-state index contributed by atoms with van der Waals surface area (Å²) in [6.07, 6.45) is 0. The van der Waals surface area contributed by atoms with Gasteiger partial charge in [-0.25, -0.2) is 13.2 Å². The third-order valence-electron chi connectivity index (χ3n) is 3.10. The van der Waals surface area contributed by atoms with Crippen LogP contribution in [0.3, 0.4) is 0 Å². The minimum atomic E-state index is -1.19. The van der Waals surface area contributed by atoms with Crippen LogP contribution in [0.5, 0.6) is 0 Å². The van der Waals surface area contributed by atoms with Gasteiger partial charge in [0.05, 0.1) is 6.04 Å². The normalized spacial score (nSPS) is 12.5. The van der Waals surface area contributed by atoms with Gasteiger partial charge in [0, 0.05) is 16.1 Å². The molecular formula is C15H13BrF3N. The van der Waals surface area contributed by atoms with Gasteiger partial charge in [-0.1, -0.05) is 33.6 Å². The second kappa shape index (κ2) is 5.97. The van der Waals surface area contributed by atoms with E-state index in [1.807, 2.05) is 25.1 Å². The van der Waals surface area contributed by atoms with Gasteiger partial charge in [0.15, 0.2) is 11.6 Å². The molecule has 0 saturated carbocycles. The van der Waals surface area contributed by atoms with Crippen molar-refractivity contribution >= 4 is 15.9 Å². The van der Waals surface area contributed by atoms with Crippen molar-refractivity contribution in [3.05, 3.63) is 68.9 Å². The van der Waals surface area contributed by atoms with Gasteiger partial charge in [-0.05, 0) is 31.7 Å². The first kappa shape index (κ1) is 15.1. The van der Waals surface area contributed by atoms with Crippen LogP contribution >= 0.6 is 15.9 Å². The molecule has 1 atom stereocenters. The molecule has 1 unspecified atom stereocenters. The van der Waals surface area contributed by atoms with E-state index in [1.165, 1.54) is 0 Å². The van der Waals surface area contributed by atoms with Crippen molar-refractivity contribution in [1.82, 2.24) is 5.32 Å². The van der Waals surface area contributed by atoms with Gasteiger partial charge in [-0.15, -0.1) is 0 Å². The Morgan fingerprint density at radius 1 is 0.950 bits per heavy atom. The van der Waals surface area contributed by atoms with E-state index in [1.54, 1.807) is 7.05 Å². The third kappa shape index (κ3) is 2.88. The summed E-state index contributed by atoms with van der Waals surface area (Å²) >= 11 is 3.40. The Balaban J connectivity index is 2.58.